The fraction of sp³-hybridized carbons (Fsp3) is 0.294. The molecule has 3 aromatic carbocycles. The van der Waals surface area contributed by atoms with E-state index in [2.05, 4.69) is 5.32 Å². The quantitative estimate of drug-likeness (QED) is 0.287. The van der Waals surface area contributed by atoms with Crippen LogP contribution in [0.25, 0.3) is 22.5 Å². The van der Waals surface area contributed by atoms with Gasteiger partial charge in [0.1, 0.15) is 11.5 Å². The fourth-order valence-electron chi connectivity index (χ4n) is 6.27. The summed E-state index contributed by atoms with van der Waals surface area (Å²) in [6, 6.07) is 27.3. The molecular formula is C34H33NO5. The summed E-state index contributed by atoms with van der Waals surface area (Å²) >= 11 is 0. The lowest BCUT2D eigenvalue weighted by molar-refractivity contribution is 0.137. The van der Waals surface area contributed by atoms with Crippen molar-refractivity contribution >= 4 is 6.09 Å². The minimum Gasteiger partial charge on any atom is -0.497 e. The molecule has 0 bridgehead atoms. The van der Waals surface area contributed by atoms with Crippen molar-refractivity contribution in [3.05, 3.63) is 112 Å². The fourth-order valence-corrected chi connectivity index (χ4v) is 6.27. The first-order valence-electron chi connectivity index (χ1n) is 14.0. The average molecular weight is 536 g/mol. The van der Waals surface area contributed by atoms with Gasteiger partial charge < -0.3 is 19.2 Å². The highest BCUT2D eigenvalue weighted by Gasteiger charge is 2.50. The van der Waals surface area contributed by atoms with E-state index < -0.39 is 0 Å². The van der Waals surface area contributed by atoms with E-state index in [0.717, 1.165) is 59.3 Å². The Kier molecular flexibility index (Phi) is 7.41. The average Bonchev–Trinajstić information content (AvgIpc) is 3.66. The predicted octanol–water partition coefficient (Wildman–Crippen LogP) is 6.65. The minimum atomic E-state index is -0.380. The van der Waals surface area contributed by atoms with Crippen molar-refractivity contribution in [3.8, 4) is 28.2 Å². The molecule has 0 unspecified atom stereocenters. The summed E-state index contributed by atoms with van der Waals surface area (Å²) in [4.78, 5) is 25.8. The first-order chi connectivity index (χ1) is 19.6. The van der Waals surface area contributed by atoms with Gasteiger partial charge in [-0.15, -0.1) is 0 Å². The molecule has 1 aromatic heterocycles. The Morgan fingerprint density at radius 3 is 2.17 bits per heavy atom. The molecule has 40 heavy (non-hydrogen) atoms. The summed E-state index contributed by atoms with van der Waals surface area (Å²) in [5.41, 5.74) is 5.31. The van der Waals surface area contributed by atoms with Crippen molar-refractivity contribution in [2.75, 3.05) is 13.7 Å². The van der Waals surface area contributed by atoms with Crippen LogP contribution in [0.2, 0.25) is 0 Å². The Bertz CT molecular complexity index is 1530. The molecule has 6 nitrogen and oxygen atoms in total. The van der Waals surface area contributed by atoms with E-state index >= 15 is 0 Å². The third-order valence-electron chi connectivity index (χ3n) is 8.40. The normalized spacial score (nSPS) is 19.4. The van der Waals surface area contributed by atoms with Crippen molar-refractivity contribution in [2.45, 2.75) is 32.2 Å². The number of amides is 1. The van der Waals surface area contributed by atoms with E-state index in [9.17, 15) is 9.59 Å². The number of rotatable bonds is 7. The molecule has 2 aliphatic rings. The van der Waals surface area contributed by atoms with Crippen LogP contribution in [-0.2, 0) is 24.1 Å². The zero-order chi connectivity index (χ0) is 27.5. The lowest BCUT2D eigenvalue weighted by Gasteiger charge is -2.19. The summed E-state index contributed by atoms with van der Waals surface area (Å²) < 4.78 is 17.0. The SMILES string of the molecule is COc1ccc(-c2c3c(c(-c4ccccc4)oc2=O)CC[C@@H]2[C@H](CC3)[C@H]2COC(=O)NCc2ccccc2)cc1. The third kappa shape index (κ3) is 5.39. The second-order valence-corrected chi connectivity index (χ2v) is 10.7. The number of hydrogen-bond donors (Lipinski definition) is 1. The maximum absolute atomic E-state index is 13.5. The molecule has 0 saturated heterocycles. The maximum atomic E-state index is 13.5. The summed E-state index contributed by atoms with van der Waals surface area (Å²) in [5, 5.41) is 2.85. The maximum Gasteiger partial charge on any atom is 0.407 e. The van der Waals surface area contributed by atoms with Gasteiger partial charge in [0.2, 0.25) is 0 Å². The van der Waals surface area contributed by atoms with Crippen LogP contribution < -0.4 is 15.7 Å². The number of carbonyl (C=O) groups excluding carboxylic acids is 1. The summed E-state index contributed by atoms with van der Waals surface area (Å²) in [7, 11) is 1.63. The molecule has 0 aliphatic heterocycles. The second kappa shape index (κ2) is 11.4. The molecule has 1 amide bonds. The van der Waals surface area contributed by atoms with Gasteiger partial charge in [0.25, 0.3) is 0 Å². The van der Waals surface area contributed by atoms with Crippen molar-refractivity contribution in [2.24, 2.45) is 17.8 Å². The molecule has 1 fully saturated rings. The van der Waals surface area contributed by atoms with Crippen LogP contribution in [0, 0.1) is 17.8 Å². The highest BCUT2D eigenvalue weighted by atomic mass is 16.5. The van der Waals surface area contributed by atoms with Gasteiger partial charge in [-0.1, -0.05) is 72.8 Å². The number of nitrogens with one attached hydrogen (secondary N) is 1. The molecule has 6 heteroatoms. The van der Waals surface area contributed by atoms with Crippen molar-refractivity contribution in [1.82, 2.24) is 5.32 Å². The van der Waals surface area contributed by atoms with Crippen LogP contribution in [-0.4, -0.2) is 19.8 Å². The van der Waals surface area contributed by atoms with Gasteiger partial charge in [0.05, 0.1) is 19.3 Å². The van der Waals surface area contributed by atoms with Gasteiger partial charge in [-0.05, 0) is 77.8 Å². The first kappa shape index (κ1) is 25.9. The molecule has 1 heterocycles. The molecule has 3 atom stereocenters. The number of methoxy groups -OCH3 is 1. The van der Waals surface area contributed by atoms with Crippen LogP contribution in [0.4, 0.5) is 4.79 Å². The number of ether oxygens (including phenoxy) is 2. The largest absolute Gasteiger partial charge is 0.497 e. The standard InChI is InChI=1S/C34H33NO5/c1-38-25-14-12-23(13-15-25)31-28-18-16-26-27(30(26)21-39-34(37)35-20-22-8-4-2-5-9-22)17-19-29(28)32(40-33(31)36)24-10-6-3-7-11-24/h2-15,26-27,30H,16-21H2,1H3,(H,35,37)/t26-,27+,30+/m0/s1. The molecule has 204 valence electrons. The third-order valence-corrected chi connectivity index (χ3v) is 8.40. The second-order valence-electron chi connectivity index (χ2n) is 10.7. The Morgan fingerprint density at radius 1 is 0.850 bits per heavy atom. The van der Waals surface area contributed by atoms with Crippen LogP contribution in [0.1, 0.15) is 29.5 Å². The number of hydrogen-bond acceptors (Lipinski definition) is 5. The van der Waals surface area contributed by atoms with E-state index in [4.69, 9.17) is 13.9 Å². The van der Waals surface area contributed by atoms with Gasteiger partial charge in [-0.2, -0.15) is 0 Å². The first-order valence-corrected chi connectivity index (χ1v) is 14.0. The Labute approximate surface area is 234 Å². The molecule has 1 N–H and O–H groups in total. The van der Waals surface area contributed by atoms with Crippen LogP contribution in [0.15, 0.2) is 94.1 Å². The molecule has 2 aliphatic carbocycles. The highest BCUT2D eigenvalue weighted by Crippen LogP contribution is 2.54. The summed E-state index contributed by atoms with van der Waals surface area (Å²) in [6.45, 7) is 0.865. The van der Waals surface area contributed by atoms with Gasteiger partial charge in [0.15, 0.2) is 0 Å². The Balaban J connectivity index is 1.22. The molecular weight excluding hydrogens is 502 g/mol. The highest BCUT2D eigenvalue weighted by molar-refractivity contribution is 5.73. The van der Waals surface area contributed by atoms with Gasteiger partial charge >= 0.3 is 11.7 Å². The number of fused-ring (bicyclic) bond motifs is 2. The molecule has 1 saturated carbocycles. The van der Waals surface area contributed by atoms with E-state index in [-0.39, 0.29) is 11.7 Å². The lowest BCUT2D eigenvalue weighted by atomic mass is 9.87. The van der Waals surface area contributed by atoms with E-state index in [1.807, 2.05) is 84.9 Å². The number of alkyl carbamates (subject to hydrolysis) is 1. The molecule has 6 rings (SSSR count). The summed E-state index contributed by atoms with van der Waals surface area (Å²) in [5.74, 6) is 2.73. The molecule has 0 spiro atoms. The van der Waals surface area contributed by atoms with Crippen molar-refractivity contribution < 1.29 is 18.7 Å². The van der Waals surface area contributed by atoms with Gasteiger partial charge in [0, 0.05) is 12.1 Å². The lowest BCUT2D eigenvalue weighted by Crippen LogP contribution is -2.24. The van der Waals surface area contributed by atoms with Crippen LogP contribution >= 0.6 is 0 Å². The summed E-state index contributed by atoms with van der Waals surface area (Å²) in [6.07, 6.45) is 3.12. The van der Waals surface area contributed by atoms with E-state index in [1.54, 1.807) is 7.11 Å². The smallest absolute Gasteiger partial charge is 0.407 e. The number of carbonyl (C=O) groups is 1. The number of benzene rings is 3. The van der Waals surface area contributed by atoms with Crippen molar-refractivity contribution in [1.29, 1.82) is 0 Å². The van der Waals surface area contributed by atoms with Gasteiger partial charge in [-0.3, -0.25) is 0 Å². The molecule has 4 aromatic rings. The zero-order valence-electron chi connectivity index (χ0n) is 22.6. The predicted molar refractivity (Wildman–Crippen MR) is 154 cm³/mol. The topological polar surface area (TPSA) is 77.8 Å². The van der Waals surface area contributed by atoms with Crippen molar-refractivity contribution in [3.63, 3.8) is 0 Å². The van der Waals surface area contributed by atoms with Gasteiger partial charge in [-0.25, -0.2) is 9.59 Å². The van der Waals surface area contributed by atoms with Crippen LogP contribution in [0.3, 0.4) is 0 Å². The molecule has 0 radical (unpaired) electrons. The van der Waals surface area contributed by atoms with E-state index in [1.165, 1.54) is 0 Å². The van der Waals surface area contributed by atoms with E-state index in [0.29, 0.717) is 42.2 Å². The minimum absolute atomic E-state index is 0.314. The monoisotopic (exact) mass is 535 g/mol. The Hall–Kier alpha value is -4.32. The zero-order valence-corrected chi connectivity index (χ0v) is 22.6. The van der Waals surface area contributed by atoms with Crippen LogP contribution in [0.5, 0.6) is 5.75 Å². The Morgan fingerprint density at radius 2 is 1.50 bits per heavy atom.